The number of benzene rings is 2. The van der Waals surface area contributed by atoms with Crippen molar-refractivity contribution in [1.29, 1.82) is 0 Å². The van der Waals surface area contributed by atoms with Gasteiger partial charge in [-0.25, -0.2) is 4.79 Å². The van der Waals surface area contributed by atoms with Gasteiger partial charge in [0.05, 0.1) is 13.2 Å². The van der Waals surface area contributed by atoms with Crippen molar-refractivity contribution >= 4 is 11.7 Å². The monoisotopic (exact) mass is 371 g/mol. The van der Waals surface area contributed by atoms with Crippen molar-refractivity contribution in [2.75, 3.05) is 32.2 Å². The summed E-state index contributed by atoms with van der Waals surface area (Å²) < 4.78 is 16.7. The van der Waals surface area contributed by atoms with E-state index in [1.807, 2.05) is 38.2 Å². The van der Waals surface area contributed by atoms with Crippen LogP contribution in [0.15, 0.2) is 48.5 Å². The largest absolute Gasteiger partial charge is 0.493 e. The molecule has 5 heteroatoms. The van der Waals surface area contributed by atoms with E-state index < -0.39 is 6.10 Å². The molecule has 2 aromatic rings. The Hall–Kier alpha value is -2.53. The summed E-state index contributed by atoms with van der Waals surface area (Å²) >= 11 is 0. The third-order valence-corrected chi connectivity index (χ3v) is 4.19. The Morgan fingerprint density at radius 1 is 1.04 bits per heavy atom. The van der Waals surface area contributed by atoms with E-state index in [-0.39, 0.29) is 5.97 Å². The number of nitrogens with one attached hydrogen (secondary N) is 1. The number of anilines is 1. The van der Waals surface area contributed by atoms with Crippen LogP contribution in [0.4, 0.5) is 5.69 Å². The fourth-order valence-corrected chi connectivity index (χ4v) is 2.78. The van der Waals surface area contributed by atoms with E-state index >= 15 is 0 Å². The molecule has 27 heavy (non-hydrogen) atoms. The number of esters is 1. The highest BCUT2D eigenvalue weighted by atomic mass is 16.6. The van der Waals surface area contributed by atoms with E-state index in [1.54, 1.807) is 6.92 Å². The molecule has 146 valence electrons. The highest BCUT2D eigenvalue weighted by Gasteiger charge is 2.22. The zero-order valence-electron chi connectivity index (χ0n) is 16.4. The summed E-state index contributed by atoms with van der Waals surface area (Å²) in [5, 5.41) is 3.11. The van der Waals surface area contributed by atoms with E-state index in [4.69, 9.17) is 14.2 Å². The molecule has 0 radical (unpaired) electrons. The molecule has 0 amide bonds. The molecule has 0 heterocycles. The lowest BCUT2D eigenvalue weighted by molar-refractivity contribution is -0.156. The Bertz CT molecular complexity index is 700. The molecule has 1 atom stereocenters. The second-order valence-electron chi connectivity index (χ2n) is 6.05. The summed E-state index contributed by atoms with van der Waals surface area (Å²) in [5.41, 5.74) is 3.24. The van der Waals surface area contributed by atoms with Crippen LogP contribution >= 0.6 is 0 Å². The molecule has 5 nitrogen and oxygen atoms in total. The number of hydrogen-bond donors (Lipinski definition) is 1. The van der Waals surface area contributed by atoms with Crippen LogP contribution in [-0.2, 0) is 27.1 Å². The maximum absolute atomic E-state index is 12.1. The van der Waals surface area contributed by atoms with Crippen LogP contribution in [0.1, 0.15) is 25.0 Å². The van der Waals surface area contributed by atoms with Crippen LogP contribution in [0.5, 0.6) is 5.75 Å². The van der Waals surface area contributed by atoms with Crippen molar-refractivity contribution in [2.45, 2.75) is 32.8 Å². The topological polar surface area (TPSA) is 56.8 Å². The lowest BCUT2D eigenvalue weighted by Crippen LogP contribution is -2.29. The average molecular weight is 371 g/mol. The molecule has 0 spiro atoms. The van der Waals surface area contributed by atoms with E-state index in [0.29, 0.717) is 26.2 Å². The molecular weight excluding hydrogens is 342 g/mol. The fraction of sp³-hybridized carbons (Fsp3) is 0.409. The standard InChI is InChI=1S/C22H29NO4/c1-4-25-21(22(24)26-5-2)16-18-8-6-7-9-20(18)27-15-14-17-10-12-19(23-3)13-11-17/h6-13,21,23H,4-5,14-16H2,1-3H3. The molecular formula is C22H29NO4. The third kappa shape index (κ3) is 6.61. The SMILES string of the molecule is CCOC(=O)C(Cc1ccccc1OCCc1ccc(NC)cc1)OCC. The van der Waals surface area contributed by atoms with Gasteiger partial charge in [0.25, 0.3) is 0 Å². The number of carbonyl (C=O) groups is 1. The van der Waals surface area contributed by atoms with Crippen molar-refractivity contribution in [3.8, 4) is 5.75 Å². The van der Waals surface area contributed by atoms with Crippen LogP contribution in [0.25, 0.3) is 0 Å². The predicted octanol–water partition coefficient (Wildman–Crippen LogP) is 3.86. The van der Waals surface area contributed by atoms with Crippen molar-refractivity contribution < 1.29 is 19.0 Å². The number of para-hydroxylation sites is 1. The maximum Gasteiger partial charge on any atom is 0.335 e. The minimum atomic E-state index is -0.617. The first-order valence-electron chi connectivity index (χ1n) is 9.43. The van der Waals surface area contributed by atoms with Crippen LogP contribution in [0, 0.1) is 0 Å². The zero-order chi connectivity index (χ0) is 19.5. The van der Waals surface area contributed by atoms with E-state index in [9.17, 15) is 4.79 Å². The van der Waals surface area contributed by atoms with Crippen LogP contribution < -0.4 is 10.1 Å². The van der Waals surface area contributed by atoms with Gasteiger partial charge in [-0.3, -0.25) is 0 Å². The maximum atomic E-state index is 12.1. The molecule has 0 aromatic heterocycles. The van der Waals surface area contributed by atoms with Gasteiger partial charge in [0.1, 0.15) is 5.75 Å². The molecule has 1 unspecified atom stereocenters. The number of ether oxygens (including phenoxy) is 3. The number of hydrogen-bond acceptors (Lipinski definition) is 5. The Labute approximate surface area is 161 Å². The molecule has 0 saturated heterocycles. The summed E-state index contributed by atoms with van der Waals surface area (Å²) in [4.78, 5) is 12.1. The number of carbonyl (C=O) groups excluding carboxylic acids is 1. The predicted molar refractivity (Wildman–Crippen MR) is 107 cm³/mol. The molecule has 0 aliphatic rings. The van der Waals surface area contributed by atoms with Crippen molar-refractivity contribution in [3.63, 3.8) is 0 Å². The average Bonchev–Trinajstić information content (AvgIpc) is 2.69. The van der Waals surface area contributed by atoms with Crippen LogP contribution in [0.3, 0.4) is 0 Å². The third-order valence-electron chi connectivity index (χ3n) is 4.19. The molecule has 2 rings (SSSR count). The van der Waals surface area contributed by atoms with Gasteiger partial charge in [-0.15, -0.1) is 0 Å². The van der Waals surface area contributed by atoms with Gasteiger partial charge in [0.15, 0.2) is 6.10 Å². The van der Waals surface area contributed by atoms with Gasteiger partial charge in [-0.05, 0) is 43.2 Å². The van der Waals surface area contributed by atoms with Crippen LogP contribution in [0.2, 0.25) is 0 Å². The van der Waals surface area contributed by atoms with Gasteiger partial charge < -0.3 is 19.5 Å². The van der Waals surface area contributed by atoms with Crippen molar-refractivity contribution in [2.24, 2.45) is 0 Å². The summed E-state index contributed by atoms with van der Waals surface area (Å²) in [6, 6.07) is 16.0. The molecule has 0 saturated carbocycles. The lowest BCUT2D eigenvalue weighted by Gasteiger charge is -2.18. The van der Waals surface area contributed by atoms with E-state index in [0.717, 1.165) is 23.4 Å². The highest BCUT2D eigenvalue weighted by Crippen LogP contribution is 2.21. The quantitative estimate of drug-likeness (QED) is 0.608. The zero-order valence-corrected chi connectivity index (χ0v) is 16.4. The van der Waals surface area contributed by atoms with E-state index in [1.165, 1.54) is 5.56 Å². The van der Waals surface area contributed by atoms with Gasteiger partial charge in [0, 0.05) is 32.2 Å². The minimum absolute atomic E-state index is 0.334. The summed E-state index contributed by atoms with van der Waals surface area (Å²) in [5.74, 6) is 0.442. The van der Waals surface area contributed by atoms with Gasteiger partial charge in [0.2, 0.25) is 0 Å². The first kappa shape index (κ1) is 20.8. The van der Waals surface area contributed by atoms with Crippen molar-refractivity contribution in [1.82, 2.24) is 0 Å². The van der Waals surface area contributed by atoms with Crippen molar-refractivity contribution in [3.05, 3.63) is 59.7 Å². The fourth-order valence-electron chi connectivity index (χ4n) is 2.78. The normalized spacial score (nSPS) is 11.7. The minimum Gasteiger partial charge on any atom is -0.493 e. The second kappa shape index (κ2) is 11.2. The Morgan fingerprint density at radius 3 is 2.44 bits per heavy atom. The molecule has 1 N–H and O–H groups in total. The van der Waals surface area contributed by atoms with Gasteiger partial charge >= 0.3 is 5.97 Å². The summed E-state index contributed by atoms with van der Waals surface area (Å²) in [6.45, 7) is 5.02. The summed E-state index contributed by atoms with van der Waals surface area (Å²) in [7, 11) is 1.90. The molecule has 0 aliphatic heterocycles. The number of rotatable bonds is 11. The lowest BCUT2D eigenvalue weighted by atomic mass is 10.1. The first-order chi connectivity index (χ1) is 13.2. The highest BCUT2D eigenvalue weighted by molar-refractivity contribution is 5.75. The Balaban J connectivity index is 1.97. The molecule has 0 bridgehead atoms. The molecule has 0 fully saturated rings. The smallest absolute Gasteiger partial charge is 0.335 e. The first-order valence-corrected chi connectivity index (χ1v) is 9.43. The summed E-state index contributed by atoms with van der Waals surface area (Å²) in [6.07, 6.45) is 0.624. The Morgan fingerprint density at radius 2 is 1.78 bits per heavy atom. The van der Waals surface area contributed by atoms with E-state index in [2.05, 4.69) is 29.6 Å². The molecule has 0 aliphatic carbocycles. The van der Waals surface area contributed by atoms with Gasteiger partial charge in [-0.2, -0.15) is 0 Å². The van der Waals surface area contributed by atoms with Gasteiger partial charge in [-0.1, -0.05) is 30.3 Å². The Kier molecular flexibility index (Phi) is 8.65. The molecule has 2 aromatic carbocycles. The second-order valence-corrected chi connectivity index (χ2v) is 6.05. The van der Waals surface area contributed by atoms with Crippen LogP contribution in [-0.4, -0.2) is 38.9 Å².